The van der Waals surface area contributed by atoms with Gasteiger partial charge in [-0.05, 0) is 107 Å². The van der Waals surface area contributed by atoms with Crippen molar-refractivity contribution in [2.75, 3.05) is 27.9 Å². The number of aliphatic hydroxyl groups is 2. The first kappa shape index (κ1) is 58.1. The number of cyclic esters (lactones) is 1. The van der Waals surface area contributed by atoms with Crippen molar-refractivity contribution in [1.29, 1.82) is 0 Å². The molecular formula is C52H85N5O12. The molecule has 17 nitrogen and oxygen atoms in total. The number of ether oxygens (including phenoxy) is 5. The molecule has 2 bridgehead atoms. The summed E-state index contributed by atoms with van der Waals surface area (Å²) >= 11 is 0. The Bertz CT molecular complexity index is 1880. The molecule has 0 radical (unpaired) electrons. The largest absolute Gasteiger partial charge is 0.460 e. The summed E-state index contributed by atoms with van der Waals surface area (Å²) in [4.78, 5) is 72.2. The van der Waals surface area contributed by atoms with E-state index in [1.165, 1.54) is 12.0 Å². The number of esters is 1. The SMILES string of the molecule is CO[C@H]1CC2CC[C@@H](C)[C@@](O)(O2)C(=O)C(=O)N2CCCC[C@H]2C(=O)O[C@H]([C@H](C)C[C@@H]2CC[C@@H](NC(N)(N)N)[C@H](OC)C2)CC(=O)[C@H](C)/C=C(\C)[C@@H](O)[C@@H](OC)C(=O)[C@H](C)C[C@H](C)/C=C/C=C/C=C/1C. The molecule has 1 amide bonds. The number of fused-ring (bicyclic) bond motifs is 3. The summed E-state index contributed by atoms with van der Waals surface area (Å²) in [5.74, 6) is -9.70. The summed E-state index contributed by atoms with van der Waals surface area (Å²) in [7, 11) is 4.55. The van der Waals surface area contributed by atoms with Crippen LogP contribution in [0.2, 0.25) is 0 Å². The number of methoxy groups -OCH3 is 3. The van der Waals surface area contributed by atoms with Crippen LogP contribution in [0.15, 0.2) is 47.6 Å². The molecule has 1 saturated carbocycles. The molecule has 1 aliphatic carbocycles. The van der Waals surface area contributed by atoms with Crippen LogP contribution in [0.5, 0.6) is 0 Å². The van der Waals surface area contributed by atoms with Crippen molar-refractivity contribution in [3.63, 3.8) is 0 Å². The molecule has 0 aromatic carbocycles. The van der Waals surface area contributed by atoms with Crippen molar-refractivity contribution in [3.05, 3.63) is 47.6 Å². The number of ketones is 3. The Hall–Kier alpha value is -3.49. The normalized spacial score (nSPS) is 39.0. The average Bonchev–Trinajstić information content (AvgIpc) is 3.30. The highest BCUT2D eigenvalue weighted by atomic mass is 16.6. The fourth-order valence-electron chi connectivity index (χ4n) is 10.6. The van der Waals surface area contributed by atoms with Crippen molar-refractivity contribution < 1.29 is 57.9 Å². The number of aliphatic hydroxyl groups excluding tert-OH is 1. The van der Waals surface area contributed by atoms with Gasteiger partial charge in [-0.3, -0.25) is 41.7 Å². The lowest BCUT2D eigenvalue weighted by atomic mass is 9.77. The molecule has 0 aromatic rings. The highest BCUT2D eigenvalue weighted by Gasteiger charge is 2.53. The van der Waals surface area contributed by atoms with Crippen molar-refractivity contribution in [1.82, 2.24) is 10.2 Å². The fourth-order valence-corrected chi connectivity index (χ4v) is 10.6. The number of Topliss-reactive ketones (excluding diaryl/α,β-unsaturated/α-hetero) is 3. The van der Waals surface area contributed by atoms with E-state index in [9.17, 15) is 34.2 Å². The van der Waals surface area contributed by atoms with E-state index in [-0.39, 0.29) is 60.9 Å². The van der Waals surface area contributed by atoms with Gasteiger partial charge >= 0.3 is 5.97 Å². The highest BCUT2D eigenvalue weighted by molar-refractivity contribution is 6.39. The second kappa shape index (κ2) is 26.3. The predicted octanol–water partition coefficient (Wildman–Crippen LogP) is 4.27. The lowest BCUT2D eigenvalue weighted by molar-refractivity contribution is -0.265. The molecule has 17 heteroatoms. The number of nitrogens with one attached hydrogen (secondary N) is 1. The lowest BCUT2D eigenvalue weighted by Gasteiger charge is -2.43. The molecule has 0 spiro atoms. The van der Waals surface area contributed by atoms with E-state index in [1.807, 2.05) is 58.1 Å². The van der Waals surface area contributed by atoms with Crippen LogP contribution < -0.4 is 22.5 Å². The van der Waals surface area contributed by atoms with E-state index in [0.717, 1.165) is 12.0 Å². The van der Waals surface area contributed by atoms with Crippen LogP contribution in [0, 0.1) is 35.5 Å². The summed E-state index contributed by atoms with van der Waals surface area (Å²) in [6, 6.07) is -1.36. The Morgan fingerprint density at radius 2 is 1.59 bits per heavy atom. The molecule has 3 heterocycles. The third-order valence-corrected chi connectivity index (χ3v) is 14.9. The van der Waals surface area contributed by atoms with Crippen LogP contribution in [-0.2, 0) is 47.7 Å². The number of carbonyl (C=O) groups is 5. The number of rotatable bonds is 8. The Kier molecular flexibility index (Phi) is 22.1. The van der Waals surface area contributed by atoms with Crippen LogP contribution in [0.3, 0.4) is 0 Å². The third-order valence-electron chi connectivity index (χ3n) is 14.9. The Labute approximate surface area is 410 Å². The fraction of sp³-hybridized carbons (Fsp3) is 0.750. The van der Waals surface area contributed by atoms with Gasteiger partial charge in [0.15, 0.2) is 11.7 Å². The minimum Gasteiger partial charge on any atom is -0.460 e. The Balaban J connectivity index is 1.70. The van der Waals surface area contributed by atoms with E-state index < -0.39 is 83.7 Å². The van der Waals surface area contributed by atoms with Gasteiger partial charge in [0.05, 0.1) is 18.3 Å². The average molecular weight is 972 g/mol. The molecule has 3 aliphatic heterocycles. The molecule has 0 aromatic heterocycles. The molecule has 3 fully saturated rings. The summed E-state index contributed by atoms with van der Waals surface area (Å²) in [5.41, 5.74) is 18.9. The molecule has 1 unspecified atom stereocenters. The van der Waals surface area contributed by atoms with Crippen LogP contribution in [0.1, 0.15) is 126 Å². The molecule has 390 valence electrons. The summed E-state index contributed by atoms with van der Waals surface area (Å²) in [6.45, 7) is 12.7. The van der Waals surface area contributed by atoms with E-state index in [0.29, 0.717) is 63.4 Å². The van der Waals surface area contributed by atoms with Gasteiger partial charge in [-0.15, -0.1) is 0 Å². The van der Waals surface area contributed by atoms with E-state index in [2.05, 4.69) is 5.32 Å². The van der Waals surface area contributed by atoms with E-state index >= 15 is 0 Å². The summed E-state index contributed by atoms with van der Waals surface area (Å²) in [6.07, 6.45) is 11.8. The van der Waals surface area contributed by atoms with Crippen molar-refractivity contribution in [2.24, 2.45) is 52.7 Å². The molecule has 15 atom stereocenters. The van der Waals surface area contributed by atoms with Crippen molar-refractivity contribution in [3.8, 4) is 0 Å². The van der Waals surface area contributed by atoms with Crippen LogP contribution in [-0.4, -0.2) is 133 Å². The first-order chi connectivity index (χ1) is 32.4. The van der Waals surface area contributed by atoms with Gasteiger partial charge in [-0.1, -0.05) is 71.1 Å². The van der Waals surface area contributed by atoms with Crippen molar-refractivity contribution >= 4 is 29.2 Å². The first-order valence-corrected chi connectivity index (χ1v) is 25.1. The number of hydrogen-bond acceptors (Lipinski definition) is 16. The Morgan fingerprint density at radius 3 is 2.25 bits per heavy atom. The third kappa shape index (κ3) is 16.0. The smallest absolute Gasteiger partial charge is 0.329 e. The van der Waals surface area contributed by atoms with Gasteiger partial charge in [0.25, 0.3) is 11.7 Å². The number of nitrogens with zero attached hydrogens (tertiary/aromatic N) is 1. The van der Waals surface area contributed by atoms with Crippen molar-refractivity contribution in [2.45, 2.75) is 186 Å². The number of hydrogen-bond donors (Lipinski definition) is 6. The zero-order valence-corrected chi connectivity index (χ0v) is 42.9. The minimum atomic E-state index is -2.44. The second-order valence-electron chi connectivity index (χ2n) is 20.7. The Morgan fingerprint density at radius 1 is 0.884 bits per heavy atom. The maximum atomic E-state index is 14.5. The van der Waals surface area contributed by atoms with Gasteiger partial charge in [-0.2, -0.15) is 0 Å². The van der Waals surface area contributed by atoms with Gasteiger partial charge in [-0.25, -0.2) is 4.79 Å². The zero-order valence-electron chi connectivity index (χ0n) is 42.9. The maximum Gasteiger partial charge on any atom is 0.329 e. The molecule has 2 saturated heterocycles. The number of allylic oxidation sites excluding steroid dienone is 6. The summed E-state index contributed by atoms with van der Waals surface area (Å²) in [5, 5.41) is 26.5. The maximum absolute atomic E-state index is 14.5. The quantitative estimate of drug-likeness (QED) is 0.0859. The molecule has 4 aliphatic rings. The predicted molar refractivity (Wildman–Crippen MR) is 261 cm³/mol. The number of nitrogens with two attached hydrogens (primary N) is 3. The van der Waals surface area contributed by atoms with E-state index in [4.69, 9.17) is 40.9 Å². The van der Waals surface area contributed by atoms with Gasteiger partial charge in [0.1, 0.15) is 30.1 Å². The monoisotopic (exact) mass is 972 g/mol. The topological polar surface area (TPSA) is 265 Å². The van der Waals surface area contributed by atoms with Gasteiger partial charge < -0.3 is 38.8 Å². The zero-order chi connectivity index (χ0) is 51.4. The first-order valence-electron chi connectivity index (χ1n) is 25.1. The number of carbonyl (C=O) groups excluding carboxylic acids is 5. The number of piperidine rings is 1. The minimum absolute atomic E-state index is 0.0111. The molecule has 4 rings (SSSR count). The molecular weight excluding hydrogens is 887 g/mol. The highest BCUT2D eigenvalue weighted by Crippen LogP contribution is 2.38. The molecule has 69 heavy (non-hydrogen) atoms. The summed E-state index contributed by atoms with van der Waals surface area (Å²) < 4.78 is 29.7. The van der Waals surface area contributed by atoms with Crippen LogP contribution >= 0.6 is 0 Å². The molecule has 9 N–H and O–H groups in total. The van der Waals surface area contributed by atoms with Crippen LogP contribution in [0.25, 0.3) is 0 Å². The van der Waals surface area contributed by atoms with Gasteiger partial charge in [0.2, 0.25) is 5.79 Å². The number of amides is 1. The second-order valence-corrected chi connectivity index (χ2v) is 20.7. The van der Waals surface area contributed by atoms with Crippen LogP contribution in [0.4, 0.5) is 0 Å². The van der Waals surface area contributed by atoms with E-state index in [1.54, 1.807) is 41.1 Å². The lowest BCUT2D eigenvalue weighted by Crippen LogP contribution is -2.72. The standard InChI is InChI=1S/C52H85N5O12/c1-30-16-12-11-13-17-31(2)42(65-8)28-38-21-19-36(7)51(64,69-38)48(61)49(62)57-23-15-14-18-40(57)50(63)68-43(33(4)26-37-20-22-39(44(27-37)66-9)56-52(53,54)55)29-41(58)32(3)25-35(6)46(60)47(67-10)45(59)34(5)24-30/h11-13,16-17,25,30,32-34,36-40,42-44,46-47,56,60,64H,14-15,18-24,26-29,53-55H2,1-10H3/b13-11+,16-12+,31-17+,35-25+/t30-,32-,33-,34-,36-,37+,38?,39-,40+,42+,43+,44-,46-,47+,51-/m1/s1. The van der Waals surface area contributed by atoms with Gasteiger partial charge in [0, 0.05) is 64.5 Å².